The Morgan fingerprint density at radius 3 is 2.37 bits per heavy atom. The van der Waals surface area contributed by atoms with Crippen molar-refractivity contribution in [1.29, 1.82) is 0 Å². The Bertz CT molecular complexity index is 429. The second-order valence-corrected chi connectivity index (χ2v) is 4.94. The number of nitrogens with one attached hydrogen (secondary N) is 1. The van der Waals surface area contributed by atoms with E-state index in [9.17, 15) is 4.79 Å². The molecular weight excluding hydrogens is 289 g/mol. The number of amides is 1. The Hall–Kier alpha value is -0.970. The molecule has 6 heteroatoms. The molecule has 106 valence electrons. The summed E-state index contributed by atoms with van der Waals surface area (Å²) < 4.78 is 9.99. The number of hydrogen-bond donors (Lipinski definition) is 1. The van der Waals surface area contributed by atoms with E-state index in [0.29, 0.717) is 28.0 Å². The van der Waals surface area contributed by atoms with Gasteiger partial charge in [0.25, 0.3) is 5.91 Å². The lowest BCUT2D eigenvalue weighted by atomic mass is 10.1. The molecule has 1 aromatic carbocycles. The highest BCUT2D eigenvalue weighted by Crippen LogP contribution is 2.33. The van der Waals surface area contributed by atoms with Crippen LogP contribution in [0, 0.1) is 0 Å². The van der Waals surface area contributed by atoms with Crippen molar-refractivity contribution in [2.45, 2.75) is 19.4 Å². The summed E-state index contributed by atoms with van der Waals surface area (Å²) in [7, 11) is 3.09. The summed E-state index contributed by atoms with van der Waals surface area (Å²) in [6, 6.07) is 3.07. The molecule has 1 N–H and O–H groups in total. The minimum Gasteiger partial charge on any atom is -0.494 e. The number of rotatable bonds is 6. The van der Waals surface area contributed by atoms with Crippen molar-refractivity contribution < 1.29 is 14.3 Å². The Morgan fingerprint density at radius 2 is 1.89 bits per heavy atom. The van der Waals surface area contributed by atoms with Gasteiger partial charge >= 0.3 is 0 Å². The molecule has 19 heavy (non-hydrogen) atoms. The van der Waals surface area contributed by atoms with Gasteiger partial charge in [-0.15, -0.1) is 0 Å². The molecule has 0 bridgehead atoms. The van der Waals surface area contributed by atoms with E-state index in [1.54, 1.807) is 7.11 Å². The topological polar surface area (TPSA) is 47.6 Å². The Balaban J connectivity index is 2.78. The number of carbonyl (C=O) groups is 1. The third-order valence-electron chi connectivity index (χ3n) is 2.60. The molecule has 0 aliphatic heterocycles. The van der Waals surface area contributed by atoms with E-state index in [1.165, 1.54) is 19.2 Å². The van der Waals surface area contributed by atoms with Gasteiger partial charge in [0.1, 0.15) is 0 Å². The third-order valence-corrected chi connectivity index (χ3v) is 3.16. The minimum atomic E-state index is -0.227. The maximum Gasteiger partial charge on any atom is 0.251 e. The van der Waals surface area contributed by atoms with Crippen molar-refractivity contribution in [3.8, 4) is 5.75 Å². The molecule has 0 fully saturated rings. The first-order valence-electron chi connectivity index (χ1n) is 5.82. The fraction of sp³-hybridized carbons (Fsp3) is 0.462. The highest BCUT2D eigenvalue weighted by molar-refractivity contribution is 6.37. The number of carbonyl (C=O) groups excluding carboxylic acids is 1. The number of hydrogen-bond acceptors (Lipinski definition) is 3. The molecular formula is C13H17Cl2NO3. The van der Waals surface area contributed by atoms with Crippen molar-refractivity contribution >= 4 is 29.1 Å². The summed E-state index contributed by atoms with van der Waals surface area (Å²) in [6.45, 7) is 2.50. The third kappa shape index (κ3) is 4.56. The zero-order chi connectivity index (χ0) is 14.4. The average Bonchev–Trinajstić information content (AvgIpc) is 2.35. The number of ether oxygens (including phenoxy) is 2. The van der Waals surface area contributed by atoms with Crippen LogP contribution in [0.4, 0.5) is 0 Å². The highest BCUT2D eigenvalue weighted by Gasteiger charge is 2.15. The van der Waals surface area contributed by atoms with E-state index >= 15 is 0 Å². The summed E-state index contributed by atoms with van der Waals surface area (Å²) in [5, 5.41) is 3.47. The average molecular weight is 306 g/mol. The Morgan fingerprint density at radius 1 is 1.32 bits per heavy atom. The number of benzene rings is 1. The summed E-state index contributed by atoms with van der Waals surface area (Å²) in [6.07, 6.45) is 0.736. The van der Waals surface area contributed by atoms with Gasteiger partial charge in [-0.2, -0.15) is 0 Å². The van der Waals surface area contributed by atoms with Crippen LogP contribution in [-0.4, -0.2) is 32.8 Å². The van der Waals surface area contributed by atoms with E-state index in [4.69, 9.17) is 32.7 Å². The molecule has 1 aromatic rings. The van der Waals surface area contributed by atoms with Crippen LogP contribution in [0.2, 0.25) is 10.0 Å². The lowest BCUT2D eigenvalue weighted by molar-refractivity contribution is 0.0929. The van der Waals surface area contributed by atoms with Gasteiger partial charge in [0.2, 0.25) is 0 Å². The Kier molecular flexibility index (Phi) is 6.42. The molecule has 0 heterocycles. The zero-order valence-electron chi connectivity index (χ0n) is 11.1. The lowest BCUT2D eigenvalue weighted by Gasteiger charge is -2.14. The highest BCUT2D eigenvalue weighted by atomic mass is 35.5. The van der Waals surface area contributed by atoms with Gasteiger partial charge in [-0.1, -0.05) is 23.2 Å². The van der Waals surface area contributed by atoms with E-state index in [-0.39, 0.29) is 11.9 Å². The maximum atomic E-state index is 12.0. The van der Waals surface area contributed by atoms with Gasteiger partial charge in [0.15, 0.2) is 5.75 Å². The fourth-order valence-electron chi connectivity index (χ4n) is 1.56. The van der Waals surface area contributed by atoms with Crippen LogP contribution in [0.25, 0.3) is 0 Å². The number of methoxy groups -OCH3 is 2. The zero-order valence-corrected chi connectivity index (χ0v) is 12.6. The van der Waals surface area contributed by atoms with E-state index in [2.05, 4.69) is 5.32 Å². The van der Waals surface area contributed by atoms with Crippen LogP contribution in [0.3, 0.4) is 0 Å². The largest absolute Gasteiger partial charge is 0.494 e. The fourth-order valence-corrected chi connectivity index (χ4v) is 2.20. The first-order valence-corrected chi connectivity index (χ1v) is 6.58. The first-order chi connectivity index (χ1) is 8.99. The molecule has 0 spiro atoms. The molecule has 0 aliphatic carbocycles. The van der Waals surface area contributed by atoms with Crippen LogP contribution < -0.4 is 10.1 Å². The summed E-state index contributed by atoms with van der Waals surface area (Å²) in [5.41, 5.74) is 0.403. The van der Waals surface area contributed by atoms with Gasteiger partial charge in [0, 0.05) is 25.3 Å². The molecule has 0 aliphatic rings. The second-order valence-electron chi connectivity index (χ2n) is 4.13. The smallest absolute Gasteiger partial charge is 0.251 e. The molecule has 4 nitrogen and oxygen atoms in total. The van der Waals surface area contributed by atoms with Crippen molar-refractivity contribution in [2.75, 3.05) is 20.8 Å². The Labute approximate surface area is 123 Å². The predicted octanol–water partition coefficient (Wildman–Crippen LogP) is 3.16. The summed E-state index contributed by atoms with van der Waals surface area (Å²) in [5.74, 6) is 0.141. The van der Waals surface area contributed by atoms with Crippen LogP contribution >= 0.6 is 23.2 Å². The minimum absolute atomic E-state index is 0.00658. The van der Waals surface area contributed by atoms with Crippen molar-refractivity contribution in [2.24, 2.45) is 0 Å². The van der Waals surface area contributed by atoms with E-state index in [0.717, 1.165) is 6.42 Å². The van der Waals surface area contributed by atoms with Crippen LogP contribution in [-0.2, 0) is 4.74 Å². The van der Waals surface area contributed by atoms with Gasteiger partial charge in [-0.05, 0) is 25.5 Å². The van der Waals surface area contributed by atoms with Gasteiger partial charge in [0.05, 0.1) is 17.2 Å². The quantitative estimate of drug-likeness (QED) is 0.878. The lowest BCUT2D eigenvalue weighted by Crippen LogP contribution is -2.33. The van der Waals surface area contributed by atoms with Crippen molar-refractivity contribution in [1.82, 2.24) is 5.32 Å². The molecule has 1 atom stereocenters. The van der Waals surface area contributed by atoms with Crippen molar-refractivity contribution in [3.05, 3.63) is 27.7 Å². The molecule has 0 saturated carbocycles. The van der Waals surface area contributed by atoms with Gasteiger partial charge < -0.3 is 14.8 Å². The molecule has 0 unspecified atom stereocenters. The van der Waals surface area contributed by atoms with Crippen molar-refractivity contribution in [3.63, 3.8) is 0 Å². The SMILES string of the molecule is COCC[C@H](C)NC(=O)c1cc(Cl)c(OC)c(Cl)c1. The number of halogens is 2. The predicted molar refractivity (Wildman–Crippen MR) is 76.4 cm³/mol. The molecule has 0 radical (unpaired) electrons. The van der Waals surface area contributed by atoms with Crippen LogP contribution in [0.5, 0.6) is 5.75 Å². The summed E-state index contributed by atoms with van der Waals surface area (Å²) in [4.78, 5) is 12.0. The molecule has 0 aromatic heterocycles. The normalized spacial score (nSPS) is 12.1. The monoisotopic (exact) mass is 305 g/mol. The maximum absolute atomic E-state index is 12.0. The molecule has 0 saturated heterocycles. The standard InChI is InChI=1S/C13H17Cl2NO3/c1-8(4-5-18-2)16-13(17)9-6-10(14)12(19-3)11(15)7-9/h6-8H,4-5H2,1-3H3,(H,16,17)/t8-/m0/s1. The van der Waals surface area contributed by atoms with Gasteiger partial charge in [-0.3, -0.25) is 4.79 Å². The van der Waals surface area contributed by atoms with Crippen LogP contribution in [0.1, 0.15) is 23.7 Å². The summed E-state index contributed by atoms with van der Waals surface area (Å²) >= 11 is 12.0. The second kappa shape index (κ2) is 7.58. The molecule has 1 rings (SSSR count). The first kappa shape index (κ1) is 16.1. The van der Waals surface area contributed by atoms with Gasteiger partial charge in [-0.25, -0.2) is 0 Å². The van der Waals surface area contributed by atoms with E-state index in [1.807, 2.05) is 6.92 Å². The molecule has 1 amide bonds. The van der Waals surface area contributed by atoms with Crippen LogP contribution in [0.15, 0.2) is 12.1 Å². The van der Waals surface area contributed by atoms with E-state index < -0.39 is 0 Å².